The number of carbonyl (C=O) groups excluding carboxylic acids is 1. The van der Waals surface area contributed by atoms with Gasteiger partial charge in [-0.05, 0) is 42.5 Å². The summed E-state index contributed by atoms with van der Waals surface area (Å²) in [5.74, 6) is -0.458. The number of amides is 1. The number of carbonyl (C=O) groups is 1. The van der Waals surface area contributed by atoms with E-state index in [1.54, 1.807) is 12.1 Å². The van der Waals surface area contributed by atoms with Crippen LogP contribution in [0.15, 0.2) is 42.5 Å². The molecule has 0 unspecified atom stereocenters. The Labute approximate surface area is 148 Å². The van der Waals surface area contributed by atoms with Gasteiger partial charge < -0.3 is 15.5 Å². The van der Waals surface area contributed by atoms with Gasteiger partial charge in [0.05, 0.1) is 12.1 Å². The minimum atomic E-state index is -4.56. The number of hydrogen-bond donors (Lipinski definition) is 2. The van der Waals surface area contributed by atoms with Crippen LogP contribution in [-0.4, -0.2) is 26.5 Å². The molecule has 4 nitrogen and oxygen atoms in total. The number of alkyl halides is 3. The molecule has 0 aliphatic carbocycles. The normalized spacial score (nSPS) is 11.1. The van der Waals surface area contributed by atoms with Gasteiger partial charge in [0.2, 0.25) is 5.91 Å². The van der Waals surface area contributed by atoms with Crippen molar-refractivity contribution in [2.45, 2.75) is 6.18 Å². The Balaban J connectivity index is 2.01. The van der Waals surface area contributed by atoms with Gasteiger partial charge in [-0.15, -0.1) is 0 Å². The standard InChI is InChI=1S/C17H17ClF3N3O/c1-24(2)13-6-4-12(5-7-13)23-16(25)10-22-15-8-3-11(18)9-14(15)17(19,20)21/h3-9,22H,10H2,1-2H3,(H,23,25). The van der Waals surface area contributed by atoms with Crippen molar-refractivity contribution >= 4 is 34.6 Å². The molecular formula is C17H17ClF3N3O. The molecular weight excluding hydrogens is 355 g/mol. The van der Waals surface area contributed by atoms with Gasteiger partial charge in [0.15, 0.2) is 0 Å². The highest BCUT2D eigenvalue weighted by Crippen LogP contribution is 2.36. The SMILES string of the molecule is CN(C)c1ccc(NC(=O)CNc2ccc(Cl)cc2C(F)(F)F)cc1. The van der Waals surface area contributed by atoms with E-state index in [1.165, 1.54) is 12.1 Å². The van der Waals surface area contributed by atoms with Crippen LogP contribution in [-0.2, 0) is 11.0 Å². The minimum absolute atomic E-state index is 0.0247. The molecule has 134 valence electrons. The maximum Gasteiger partial charge on any atom is 0.418 e. The summed E-state index contributed by atoms with van der Waals surface area (Å²) in [6.45, 7) is -0.305. The second-order valence-corrected chi connectivity index (χ2v) is 5.97. The summed E-state index contributed by atoms with van der Waals surface area (Å²) in [4.78, 5) is 13.9. The van der Waals surface area contributed by atoms with Crippen LogP contribution in [0.1, 0.15) is 5.56 Å². The van der Waals surface area contributed by atoms with E-state index >= 15 is 0 Å². The maximum absolute atomic E-state index is 13.0. The largest absolute Gasteiger partial charge is 0.418 e. The summed E-state index contributed by atoms with van der Waals surface area (Å²) in [6, 6.07) is 10.4. The van der Waals surface area contributed by atoms with Crippen LogP contribution in [0.5, 0.6) is 0 Å². The van der Waals surface area contributed by atoms with Crippen molar-refractivity contribution in [1.82, 2.24) is 0 Å². The van der Waals surface area contributed by atoms with Crippen molar-refractivity contribution in [2.75, 3.05) is 36.2 Å². The monoisotopic (exact) mass is 371 g/mol. The predicted molar refractivity (Wildman–Crippen MR) is 94.3 cm³/mol. The van der Waals surface area contributed by atoms with Crippen molar-refractivity contribution in [2.24, 2.45) is 0 Å². The van der Waals surface area contributed by atoms with Crippen molar-refractivity contribution in [3.8, 4) is 0 Å². The number of halogens is 4. The van der Waals surface area contributed by atoms with E-state index in [4.69, 9.17) is 11.6 Å². The molecule has 1 amide bonds. The first-order valence-electron chi connectivity index (χ1n) is 7.34. The molecule has 0 aromatic heterocycles. The number of anilines is 3. The molecule has 0 saturated carbocycles. The molecule has 0 radical (unpaired) electrons. The van der Waals surface area contributed by atoms with Crippen LogP contribution in [0, 0.1) is 0 Å². The lowest BCUT2D eigenvalue weighted by atomic mass is 10.1. The number of benzene rings is 2. The van der Waals surface area contributed by atoms with Crippen LogP contribution in [0.4, 0.5) is 30.2 Å². The van der Waals surface area contributed by atoms with Gasteiger partial charge in [0.1, 0.15) is 0 Å². The van der Waals surface area contributed by atoms with Crippen LogP contribution >= 0.6 is 11.6 Å². The minimum Gasteiger partial charge on any atom is -0.378 e. The zero-order chi connectivity index (χ0) is 18.6. The third-order valence-electron chi connectivity index (χ3n) is 3.39. The molecule has 0 fully saturated rings. The Bertz CT molecular complexity index is 746. The van der Waals surface area contributed by atoms with Crippen LogP contribution < -0.4 is 15.5 Å². The first-order valence-corrected chi connectivity index (χ1v) is 7.72. The number of rotatable bonds is 5. The highest BCUT2D eigenvalue weighted by Gasteiger charge is 2.33. The van der Waals surface area contributed by atoms with Crippen molar-refractivity contribution in [3.05, 3.63) is 53.1 Å². The number of nitrogens with one attached hydrogen (secondary N) is 2. The Morgan fingerprint density at radius 1 is 1.12 bits per heavy atom. The summed E-state index contributed by atoms with van der Waals surface area (Å²) in [7, 11) is 3.78. The zero-order valence-electron chi connectivity index (χ0n) is 13.6. The molecule has 0 spiro atoms. The van der Waals surface area contributed by atoms with E-state index < -0.39 is 17.6 Å². The van der Waals surface area contributed by atoms with E-state index in [-0.39, 0.29) is 17.3 Å². The van der Waals surface area contributed by atoms with Gasteiger partial charge in [0, 0.05) is 36.2 Å². The van der Waals surface area contributed by atoms with E-state index in [1.807, 2.05) is 31.1 Å². The zero-order valence-corrected chi connectivity index (χ0v) is 14.4. The van der Waals surface area contributed by atoms with Gasteiger partial charge in [-0.3, -0.25) is 4.79 Å². The molecule has 0 aliphatic heterocycles. The van der Waals surface area contributed by atoms with E-state index in [0.717, 1.165) is 11.8 Å². The first-order chi connectivity index (χ1) is 11.7. The molecule has 2 rings (SSSR count). The average Bonchev–Trinajstić information content (AvgIpc) is 2.53. The molecule has 25 heavy (non-hydrogen) atoms. The third kappa shape index (κ3) is 5.29. The summed E-state index contributed by atoms with van der Waals surface area (Å²) < 4.78 is 39.0. The molecule has 0 bridgehead atoms. The third-order valence-corrected chi connectivity index (χ3v) is 3.63. The molecule has 2 aromatic rings. The molecule has 2 aromatic carbocycles. The summed E-state index contributed by atoms with van der Waals surface area (Å²) in [6.07, 6.45) is -4.56. The highest BCUT2D eigenvalue weighted by atomic mass is 35.5. The van der Waals surface area contributed by atoms with Crippen LogP contribution in [0.2, 0.25) is 5.02 Å². The fraction of sp³-hybridized carbons (Fsp3) is 0.235. The van der Waals surface area contributed by atoms with E-state index in [9.17, 15) is 18.0 Å². The topological polar surface area (TPSA) is 44.4 Å². The molecule has 0 atom stereocenters. The fourth-order valence-corrected chi connectivity index (χ4v) is 2.30. The van der Waals surface area contributed by atoms with Gasteiger partial charge in [-0.25, -0.2) is 0 Å². The smallest absolute Gasteiger partial charge is 0.378 e. The second kappa shape index (κ2) is 7.65. The second-order valence-electron chi connectivity index (χ2n) is 5.53. The first kappa shape index (κ1) is 18.9. The molecule has 0 saturated heterocycles. The van der Waals surface area contributed by atoms with Crippen LogP contribution in [0.25, 0.3) is 0 Å². The van der Waals surface area contributed by atoms with Gasteiger partial charge in [-0.2, -0.15) is 13.2 Å². The highest BCUT2D eigenvalue weighted by molar-refractivity contribution is 6.30. The fourth-order valence-electron chi connectivity index (χ4n) is 2.13. The Morgan fingerprint density at radius 2 is 1.76 bits per heavy atom. The van der Waals surface area contributed by atoms with Crippen molar-refractivity contribution in [1.29, 1.82) is 0 Å². The van der Waals surface area contributed by atoms with Crippen molar-refractivity contribution in [3.63, 3.8) is 0 Å². The lowest BCUT2D eigenvalue weighted by Crippen LogP contribution is -2.23. The average molecular weight is 372 g/mol. The quantitative estimate of drug-likeness (QED) is 0.814. The molecule has 8 heteroatoms. The van der Waals surface area contributed by atoms with Gasteiger partial charge in [0.25, 0.3) is 0 Å². The van der Waals surface area contributed by atoms with Crippen LogP contribution in [0.3, 0.4) is 0 Å². The van der Waals surface area contributed by atoms with Crippen molar-refractivity contribution < 1.29 is 18.0 Å². The van der Waals surface area contributed by atoms with Gasteiger partial charge in [-0.1, -0.05) is 11.6 Å². The van der Waals surface area contributed by atoms with E-state index in [2.05, 4.69) is 10.6 Å². The molecule has 0 aliphatic rings. The Kier molecular flexibility index (Phi) is 5.79. The van der Waals surface area contributed by atoms with E-state index in [0.29, 0.717) is 5.69 Å². The van der Waals surface area contributed by atoms with Gasteiger partial charge >= 0.3 is 6.18 Å². The number of nitrogens with zero attached hydrogens (tertiary/aromatic N) is 1. The summed E-state index contributed by atoms with van der Waals surface area (Å²) >= 11 is 5.62. The lowest BCUT2D eigenvalue weighted by molar-refractivity contribution is -0.137. The predicted octanol–water partition coefficient (Wildman–Crippen LogP) is 4.48. The Morgan fingerprint density at radius 3 is 2.32 bits per heavy atom. The number of hydrogen-bond acceptors (Lipinski definition) is 3. The summed E-state index contributed by atoms with van der Waals surface area (Å²) in [5, 5.41) is 5.09. The molecule has 2 N–H and O–H groups in total. The summed E-state index contributed by atoms with van der Waals surface area (Å²) in [5.41, 5.74) is 0.412. The lowest BCUT2D eigenvalue weighted by Gasteiger charge is -2.15. The maximum atomic E-state index is 13.0. The molecule has 0 heterocycles. The Hall–Kier alpha value is -2.41.